The van der Waals surface area contributed by atoms with Crippen LogP contribution in [0.3, 0.4) is 0 Å². The van der Waals surface area contributed by atoms with E-state index in [0.717, 1.165) is 5.00 Å². The number of hydrogen-bond donors (Lipinski definition) is 3. The number of amides is 2. The van der Waals surface area contributed by atoms with Crippen molar-refractivity contribution < 1.29 is 9.59 Å². The molecule has 4 N–H and O–H groups in total. The molecule has 0 unspecified atom stereocenters. The summed E-state index contributed by atoms with van der Waals surface area (Å²) in [4.78, 5) is 25.0. The summed E-state index contributed by atoms with van der Waals surface area (Å²) in [6, 6.07) is 0. The van der Waals surface area contributed by atoms with Gasteiger partial charge in [-0.05, 0) is 11.5 Å². The number of hydrogen-bond acceptors (Lipinski definition) is 6. The zero-order valence-corrected chi connectivity index (χ0v) is 10.8. The summed E-state index contributed by atoms with van der Waals surface area (Å²) in [6.45, 7) is 1.78. The predicted molar refractivity (Wildman–Crippen MR) is 69.8 cm³/mol. The first kappa shape index (κ1) is 12.6. The maximum absolute atomic E-state index is 11.8. The molecule has 7 nitrogen and oxygen atoms in total. The summed E-state index contributed by atoms with van der Waals surface area (Å²) in [5.74, 6) is 0.00847. The molecule has 0 radical (unpaired) electrons. The zero-order chi connectivity index (χ0) is 13.1. The fourth-order valence-corrected chi connectivity index (χ4v) is 2.68. The highest BCUT2D eigenvalue weighted by atomic mass is 32.1. The summed E-state index contributed by atoms with van der Waals surface area (Å²) in [5, 5.41) is 6.06. The summed E-state index contributed by atoms with van der Waals surface area (Å²) in [7, 11) is 1.55. The van der Waals surface area contributed by atoms with Gasteiger partial charge in [0.1, 0.15) is 10.6 Å². The predicted octanol–water partition coefficient (Wildman–Crippen LogP) is -0.589. The maximum Gasteiger partial charge on any atom is 0.257 e. The molecular formula is C10H15N5O2S. The Hall–Kier alpha value is -1.83. The quantitative estimate of drug-likeness (QED) is 0.666. The lowest BCUT2D eigenvalue weighted by atomic mass is 10.2. The highest BCUT2D eigenvalue weighted by Crippen LogP contribution is 2.30. The molecule has 2 heterocycles. The van der Waals surface area contributed by atoms with Gasteiger partial charge in [-0.25, -0.2) is 0 Å². The van der Waals surface area contributed by atoms with Gasteiger partial charge in [0, 0.05) is 33.1 Å². The van der Waals surface area contributed by atoms with Crippen molar-refractivity contribution in [3.8, 4) is 0 Å². The normalized spacial score (nSPS) is 16.1. The van der Waals surface area contributed by atoms with Gasteiger partial charge in [0.2, 0.25) is 5.91 Å². The van der Waals surface area contributed by atoms with Crippen molar-refractivity contribution >= 4 is 34.2 Å². The number of aromatic nitrogens is 1. The molecule has 0 saturated carbocycles. The molecule has 98 valence electrons. The summed E-state index contributed by atoms with van der Waals surface area (Å²) < 4.78 is 4.02. The van der Waals surface area contributed by atoms with Crippen LogP contribution in [0.4, 0.5) is 10.8 Å². The van der Waals surface area contributed by atoms with E-state index in [1.165, 1.54) is 11.5 Å². The van der Waals surface area contributed by atoms with Crippen molar-refractivity contribution in [1.82, 2.24) is 15.0 Å². The Labute approximate surface area is 109 Å². The molecule has 0 spiro atoms. The van der Waals surface area contributed by atoms with Crippen LogP contribution in [-0.2, 0) is 4.79 Å². The molecule has 1 aliphatic heterocycles. The van der Waals surface area contributed by atoms with Gasteiger partial charge < -0.3 is 21.3 Å². The fraction of sp³-hybridized carbons (Fsp3) is 0.500. The van der Waals surface area contributed by atoms with Crippen molar-refractivity contribution in [2.45, 2.75) is 6.42 Å². The third-order valence-electron chi connectivity index (χ3n) is 2.75. The summed E-state index contributed by atoms with van der Waals surface area (Å²) in [5.41, 5.74) is 6.12. The molecule has 1 aliphatic rings. The van der Waals surface area contributed by atoms with Gasteiger partial charge >= 0.3 is 0 Å². The van der Waals surface area contributed by atoms with Crippen LogP contribution in [-0.4, -0.2) is 42.9 Å². The first-order chi connectivity index (χ1) is 8.63. The Morgan fingerprint density at radius 1 is 1.56 bits per heavy atom. The minimum Gasteiger partial charge on any atom is -0.382 e. The van der Waals surface area contributed by atoms with Crippen molar-refractivity contribution in [3.05, 3.63) is 5.56 Å². The van der Waals surface area contributed by atoms with Crippen molar-refractivity contribution in [2.24, 2.45) is 0 Å². The highest BCUT2D eigenvalue weighted by Gasteiger charge is 2.24. The number of nitrogens with zero attached hydrogens (tertiary/aromatic N) is 2. The highest BCUT2D eigenvalue weighted by molar-refractivity contribution is 7.11. The molecule has 0 aliphatic carbocycles. The second kappa shape index (κ2) is 5.21. The van der Waals surface area contributed by atoms with Crippen LogP contribution in [0.5, 0.6) is 0 Å². The van der Waals surface area contributed by atoms with Crippen LogP contribution in [0.1, 0.15) is 16.8 Å². The molecule has 2 amide bonds. The van der Waals surface area contributed by atoms with E-state index in [0.29, 0.717) is 31.6 Å². The first-order valence-corrected chi connectivity index (χ1v) is 6.39. The molecule has 2 rings (SSSR count). The first-order valence-electron chi connectivity index (χ1n) is 5.62. The average molecular weight is 269 g/mol. The number of carbonyl (C=O) groups excluding carboxylic acids is 2. The van der Waals surface area contributed by atoms with Crippen LogP contribution in [0.15, 0.2) is 0 Å². The Bertz CT molecular complexity index is 473. The largest absolute Gasteiger partial charge is 0.382 e. The number of anilines is 2. The van der Waals surface area contributed by atoms with E-state index in [1.807, 2.05) is 4.90 Å². The van der Waals surface area contributed by atoms with Gasteiger partial charge in [0.15, 0.2) is 5.82 Å². The smallest absolute Gasteiger partial charge is 0.257 e. The van der Waals surface area contributed by atoms with Crippen LogP contribution in [0, 0.1) is 0 Å². The minimum atomic E-state index is -0.250. The van der Waals surface area contributed by atoms with Gasteiger partial charge in [-0.2, -0.15) is 4.37 Å². The summed E-state index contributed by atoms with van der Waals surface area (Å²) in [6.07, 6.45) is 0.408. The third-order valence-corrected chi connectivity index (χ3v) is 3.68. The monoisotopic (exact) mass is 269 g/mol. The van der Waals surface area contributed by atoms with Gasteiger partial charge in [0.25, 0.3) is 5.91 Å². The fourth-order valence-electron chi connectivity index (χ4n) is 1.82. The van der Waals surface area contributed by atoms with Crippen LogP contribution in [0.2, 0.25) is 0 Å². The summed E-state index contributed by atoms with van der Waals surface area (Å²) >= 11 is 1.19. The molecule has 0 bridgehead atoms. The van der Waals surface area contributed by atoms with E-state index < -0.39 is 0 Å². The number of nitrogen functional groups attached to an aromatic ring is 1. The molecule has 1 aromatic heterocycles. The third kappa shape index (κ3) is 2.37. The van der Waals surface area contributed by atoms with Gasteiger partial charge in [-0.3, -0.25) is 9.59 Å². The molecule has 18 heavy (non-hydrogen) atoms. The number of carbonyl (C=O) groups is 2. The Morgan fingerprint density at radius 3 is 3.06 bits per heavy atom. The van der Waals surface area contributed by atoms with Crippen LogP contribution in [0.25, 0.3) is 0 Å². The van der Waals surface area contributed by atoms with Crippen LogP contribution >= 0.6 is 11.5 Å². The van der Waals surface area contributed by atoms with Gasteiger partial charge in [-0.1, -0.05) is 0 Å². The van der Waals surface area contributed by atoms with Crippen molar-refractivity contribution in [3.63, 3.8) is 0 Å². The van der Waals surface area contributed by atoms with E-state index in [-0.39, 0.29) is 17.6 Å². The lowest BCUT2D eigenvalue weighted by Gasteiger charge is -2.20. The molecule has 1 fully saturated rings. The zero-order valence-electron chi connectivity index (χ0n) is 10.0. The Balaban J connectivity index is 2.27. The topological polar surface area (TPSA) is 100 Å². The van der Waals surface area contributed by atoms with Crippen LogP contribution < -0.4 is 21.3 Å². The number of rotatable bonds is 2. The van der Waals surface area contributed by atoms with Crippen molar-refractivity contribution in [1.29, 1.82) is 0 Å². The average Bonchev–Trinajstić information content (AvgIpc) is 2.60. The molecule has 8 heteroatoms. The van der Waals surface area contributed by atoms with E-state index in [1.54, 1.807) is 7.05 Å². The number of nitrogens with one attached hydrogen (secondary N) is 2. The van der Waals surface area contributed by atoms with Gasteiger partial charge in [0.05, 0.1) is 0 Å². The van der Waals surface area contributed by atoms with Gasteiger partial charge in [-0.15, -0.1) is 0 Å². The van der Waals surface area contributed by atoms with E-state index >= 15 is 0 Å². The lowest BCUT2D eigenvalue weighted by molar-refractivity contribution is -0.120. The standard InChI is InChI=1S/C10H15N5O2S/c1-12-9(17)7-8(11)14-18-10(7)15-4-2-6(16)13-3-5-15/h2-5H2,1H3,(H2,11,14)(H,12,17)(H,13,16). The SMILES string of the molecule is CNC(=O)c1c(N)nsc1N1CCNC(=O)CC1. The molecule has 1 saturated heterocycles. The minimum absolute atomic E-state index is 0.0245. The van der Waals surface area contributed by atoms with E-state index in [2.05, 4.69) is 15.0 Å². The molecule has 0 atom stereocenters. The molecule has 0 aromatic carbocycles. The lowest BCUT2D eigenvalue weighted by Crippen LogP contribution is -2.30. The number of nitrogens with two attached hydrogens (primary N) is 1. The Kier molecular flexibility index (Phi) is 3.66. The van der Waals surface area contributed by atoms with E-state index in [9.17, 15) is 9.59 Å². The molecule has 1 aromatic rings. The van der Waals surface area contributed by atoms with Crippen molar-refractivity contribution in [2.75, 3.05) is 37.3 Å². The Morgan fingerprint density at radius 2 is 2.33 bits per heavy atom. The molecular weight excluding hydrogens is 254 g/mol. The maximum atomic E-state index is 11.8. The van der Waals surface area contributed by atoms with E-state index in [4.69, 9.17) is 5.73 Å². The second-order valence-electron chi connectivity index (χ2n) is 3.91. The second-order valence-corrected chi connectivity index (χ2v) is 4.67.